The molecule has 0 aromatic heterocycles. The summed E-state index contributed by atoms with van der Waals surface area (Å²) in [5.74, 6) is -2.00. The summed E-state index contributed by atoms with van der Waals surface area (Å²) in [4.78, 5) is 19.5. The van der Waals surface area contributed by atoms with E-state index < -0.39 is 24.1 Å². The van der Waals surface area contributed by atoms with Gasteiger partial charge in [0.25, 0.3) is 0 Å². The third-order valence-electron chi connectivity index (χ3n) is 4.79. The molecule has 1 aliphatic heterocycles. The van der Waals surface area contributed by atoms with E-state index in [9.17, 15) is 14.7 Å². The largest absolute Gasteiger partial charge is 0.479 e. The number of carbonyl (C=O) groups is 2. The van der Waals surface area contributed by atoms with Gasteiger partial charge in [-0.05, 0) is 29.7 Å². The number of carboxylic acids is 2. The molecule has 0 bridgehead atoms. The first-order chi connectivity index (χ1) is 15.8. The van der Waals surface area contributed by atoms with Crippen molar-refractivity contribution in [2.45, 2.75) is 30.7 Å². The average Bonchev–Trinajstić information content (AvgIpc) is 3.29. The Kier molecular flexibility index (Phi) is 9.83. The molecule has 2 aromatic rings. The van der Waals surface area contributed by atoms with Crippen LogP contribution in [0.15, 0.2) is 61.2 Å². The molecule has 2 aromatic carbocycles. The highest BCUT2D eigenvalue weighted by molar-refractivity contribution is 5.83. The summed E-state index contributed by atoms with van der Waals surface area (Å²) in [6.45, 7) is 4.14. The number of benzene rings is 2. The predicted molar refractivity (Wildman–Crippen MR) is 117 cm³/mol. The fourth-order valence-electron chi connectivity index (χ4n) is 3.05. The van der Waals surface area contributed by atoms with E-state index in [2.05, 4.69) is 11.9 Å². The van der Waals surface area contributed by atoms with Crippen LogP contribution in [0.5, 0.6) is 11.5 Å². The second kappa shape index (κ2) is 12.6. The highest BCUT2D eigenvalue weighted by atomic mass is 16.7. The molecule has 10 heteroatoms. The minimum Gasteiger partial charge on any atom is -0.479 e. The van der Waals surface area contributed by atoms with E-state index in [-0.39, 0.29) is 25.5 Å². The minimum atomic E-state index is -2.27. The molecule has 178 valence electrons. The first kappa shape index (κ1) is 25.8. The summed E-state index contributed by atoms with van der Waals surface area (Å²) in [6.07, 6.45) is -1.90. The summed E-state index contributed by atoms with van der Waals surface area (Å²) in [7, 11) is 0. The normalized spacial score (nSPS) is 15.4. The van der Waals surface area contributed by atoms with Crippen LogP contribution in [-0.2, 0) is 9.59 Å². The predicted octanol–water partition coefficient (Wildman–Crippen LogP) is 1.23. The van der Waals surface area contributed by atoms with E-state index in [1.165, 1.54) is 0 Å². The van der Waals surface area contributed by atoms with Crippen molar-refractivity contribution in [1.29, 1.82) is 0 Å². The van der Waals surface area contributed by atoms with Gasteiger partial charge >= 0.3 is 11.9 Å². The lowest BCUT2D eigenvalue weighted by molar-refractivity contribution is -0.165. The zero-order valence-electron chi connectivity index (χ0n) is 17.7. The van der Waals surface area contributed by atoms with Crippen LogP contribution in [0.3, 0.4) is 0 Å². The molecule has 0 radical (unpaired) electrons. The number of hydrogen-bond acceptors (Lipinski definition) is 8. The Morgan fingerprint density at radius 2 is 1.55 bits per heavy atom. The molecular weight excluding hydrogens is 434 g/mol. The molecule has 6 N–H and O–H groups in total. The van der Waals surface area contributed by atoms with Crippen LogP contribution in [0.4, 0.5) is 0 Å². The van der Waals surface area contributed by atoms with Crippen LogP contribution in [-0.4, -0.2) is 63.1 Å². The summed E-state index contributed by atoms with van der Waals surface area (Å²) < 4.78 is 10.8. The van der Waals surface area contributed by atoms with Gasteiger partial charge in [0, 0.05) is 6.04 Å². The maximum atomic E-state index is 9.77. The number of nitrogens with one attached hydrogen (secondary N) is 1. The first-order valence-electron chi connectivity index (χ1n) is 10.0. The van der Waals surface area contributed by atoms with Gasteiger partial charge in [-0.2, -0.15) is 0 Å². The molecule has 0 spiro atoms. The Morgan fingerprint density at radius 3 is 2.09 bits per heavy atom. The van der Waals surface area contributed by atoms with Crippen LogP contribution < -0.4 is 14.8 Å². The van der Waals surface area contributed by atoms with Gasteiger partial charge in [0.2, 0.25) is 6.79 Å². The second-order valence-corrected chi connectivity index (χ2v) is 7.07. The van der Waals surface area contributed by atoms with Crippen LogP contribution in [0.25, 0.3) is 0 Å². The van der Waals surface area contributed by atoms with E-state index in [0.29, 0.717) is 0 Å². The molecule has 1 aliphatic rings. The molecule has 4 unspecified atom stereocenters. The zero-order chi connectivity index (χ0) is 24.4. The fourth-order valence-corrected chi connectivity index (χ4v) is 3.05. The van der Waals surface area contributed by atoms with Crippen molar-refractivity contribution < 1.29 is 44.6 Å². The first-order valence-corrected chi connectivity index (χ1v) is 10.0. The highest BCUT2D eigenvalue weighted by Gasteiger charge is 2.29. The molecule has 0 fully saturated rings. The van der Waals surface area contributed by atoms with Gasteiger partial charge in [0.1, 0.15) is 0 Å². The smallest absolute Gasteiger partial charge is 0.335 e. The fraction of sp³-hybridized carbons (Fsp3) is 0.304. The van der Waals surface area contributed by atoms with Gasteiger partial charge in [0.15, 0.2) is 23.7 Å². The highest BCUT2D eigenvalue weighted by Crippen LogP contribution is 2.35. The van der Waals surface area contributed by atoms with E-state index >= 15 is 0 Å². The molecule has 0 aliphatic carbocycles. The number of hydrogen-bond donors (Lipinski definition) is 6. The van der Waals surface area contributed by atoms with E-state index in [0.717, 1.165) is 29.0 Å². The third kappa shape index (κ3) is 7.29. The SMILES string of the molecule is C=CCC(NC(CO)c1ccccc1)c1ccc2c(c1)OCO2.O=C(O)C(O)C(O)C(=O)O. The maximum absolute atomic E-state index is 9.77. The number of fused-ring (bicyclic) bond motifs is 1. The molecule has 0 saturated carbocycles. The molecular formula is C23H27NO9. The number of aliphatic hydroxyl groups is 3. The minimum absolute atomic E-state index is 0.0300. The van der Waals surface area contributed by atoms with Crippen LogP contribution >= 0.6 is 0 Å². The number of ether oxygens (including phenoxy) is 2. The molecule has 10 nitrogen and oxygen atoms in total. The molecule has 1 heterocycles. The molecule has 4 atom stereocenters. The van der Waals surface area contributed by atoms with E-state index in [1.54, 1.807) is 0 Å². The quantitative estimate of drug-likeness (QED) is 0.283. The van der Waals surface area contributed by atoms with Crippen molar-refractivity contribution >= 4 is 11.9 Å². The van der Waals surface area contributed by atoms with Gasteiger partial charge in [-0.25, -0.2) is 9.59 Å². The van der Waals surface area contributed by atoms with Gasteiger partial charge in [-0.3, -0.25) is 0 Å². The summed E-state index contributed by atoms with van der Waals surface area (Å²) in [6, 6.07) is 15.8. The molecule has 3 rings (SSSR count). The van der Waals surface area contributed by atoms with Crippen molar-refractivity contribution in [3.63, 3.8) is 0 Å². The molecule has 0 amide bonds. The lowest BCUT2D eigenvalue weighted by Gasteiger charge is -2.25. The number of aliphatic hydroxyl groups excluding tert-OH is 3. The molecule has 0 saturated heterocycles. The number of aliphatic carboxylic acids is 2. The Morgan fingerprint density at radius 1 is 0.939 bits per heavy atom. The number of rotatable bonds is 10. The van der Waals surface area contributed by atoms with Crippen molar-refractivity contribution in [1.82, 2.24) is 5.32 Å². The summed E-state index contributed by atoms with van der Waals surface area (Å²) in [5.41, 5.74) is 2.15. The van der Waals surface area contributed by atoms with Crippen molar-refractivity contribution in [2.75, 3.05) is 13.4 Å². The Bertz CT molecular complexity index is 917. The van der Waals surface area contributed by atoms with Crippen LogP contribution in [0, 0.1) is 0 Å². The Balaban J connectivity index is 0.000000328. The van der Waals surface area contributed by atoms with Gasteiger partial charge in [0.05, 0.1) is 12.6 Å². The van der Waals surface area contributed by atoms with Crippen molar-refractivity contribution in [3.8, 4) is 11.5 Å². The monoisotopic (exact) mass is 461 g/mol. The van der Waals surface area contributed by atoms with E-state index in [1.807, 2.05) is 54.6 Å². The van der Waals surface area contributed by atoms with Crippen molar-refractivity contribution in [2.24, 2.45) is 0 Å². The third-order valence-corrected chi connectivity index (χ3v) is 4.79. The second-order valence-electron chi connectivity index (χ2n) is 7.07. The Hall–Kier alpha value is -3.44. The standard InChI is InChI=1S/C19H21NO3.C4H6O6/c1-2-6-16(15-9-10-18-19(11-15)23-13-22-18)20-17(12-21)14-7-4-3-5-8-14;5-1(3(7)8)2(6)4(9)10/h2-5,7-11,16-17,20-21H,1,6,12-13H2;1-2,5-6H,(H,7,8)(H,9,10). The number of carboxylic acid groups (broad SMARTS) is 2. The van der Waals surface area contributed by atoms with Gasteiger partial charge in [-0.15, -0.1) is 6.58 Å². The Labute approximate surface area is 190 Å². The lowest BCUT2D eigenvalue weighted by Crippen LogP contribution is -2.39. The molecule has 33 heavy (non-hydrogen) atoms. The average molecular weight is 461 g/mol. The van der Waals surface area contributed by atoms with E-state index in [4.69, 9.17) is 29.9 Å². The summed E-state index contributed by atoms with van der Waals surface area (Å²) >= 11 is 0. The lowest BCUT2D eigenvalue weighted by atomic mass is 10.00. The summed E-state index contributed by atoms with van der Waals surface area (Å²) in [5, 5.41) is 45.8. The van der Waals surface area contributed by atoms with Crippen LogP contribution in [0.1, 0.15) is 29.6 Å². The maximum Gasteiger partial charge on any atom is 0.335 e. The topological polar surface area (TPSA) is 166 Å². The van der Waals surface area contributed by atoms with Gasteiger partial charge < -0.3 is 40.3 Å². The van der Waals surface area contributed by atoms with Gasteiger partial charge in [-0.1, -0.05) is 42.5 Å². The van der Waals surface area contributed by atoms with Crippen LogP contribution in [0.2, 0.25) is 0 Å². The zero-order valence-corrected chi connectivity index (χ0v) is 17.7. The van der Waals surface area contributed by atoms with Crippen molar-refractivity contribution in [3.05, 3.63) is 72.3 Å².